The molecule has 1 aliphatic rings. The van der Waals surface area contributed by atoms with Gasteiger partial charge in [0.15, 0.2) is 21.8 Å². The van der Waals surface area contributed by atoms with Crippen LogP contribution in [0.1, 0.15) is 43.3 Å². The third-order valence-corrected chi connectivity index (χ3v) is 9.81. The van der Waals surface area contributed by atoms with Crippen molar-refractivity contribution in [3.63, 3.8) is 0 Å². The Balaban J connectivity index is 1.01. The molecule has 3 aromatic carbocycles. The van der Waals surface area contributed by atoms with Crippen LogP contribution in [0, 0.1) is 0 Å². The Kier molecular flexibility index (Phi) is 8.36. The van der Waals surface area contributed by atoms with Crippen LogP contribution in [0.25, 0.3) is 21.6 Å². The molecule has 2 N–H and O–H groups in total. The molecule has 0 bridgehead atoms. The van der Waals surface area contributed by atoms with Gasteiger partial charge < -0.3 is 14.7 Å². The number of nitrogens with one attached hydrogen (secondary N) is 1. The third kappa shape index (κ3) is 6.30. The second-order valence-corrected chi connectivity index (χ2v) is 12.8. The van der Waals surface area contributed by atoms with Crippen molar-refractivity contribution in [3.8, 4) is 17.1 Å². The number of nitrogens with zero attached hydrogens (tertiary/aromatic N) is 5. The number of carbonyl (C=O) groups excluding carboxylic acids is 1. The van der Waals surface area contributed by atoms with E-state index < -0.39 is 5.97 Å². The number of anilines is 2. The van der Waals surface area contributed by atoms with Gasteiger partial charge in [0.25, 0.3) is 5.91 Å². The first kappa shape index (κ1) is 29.5. The molecule has 12 heteroatoms. The lowest BCUT2D eigenvalue weighted by atomic mass is 9.94. The maximum atomic E-state index is 13.4. The summed E-state index contributed by atoms with van der Waals surface area (Å²) in [4.78, 5) is 45.9. The summed E-state index contributed by atoms with van der Waals surface area (Å²) in [6.07, 6.45) is 5.28. The van der Waals surface area contributed by atoms with Gasteiger partial charge in [-0.1, -0.05) is 35.6 Å². The number of thiazole rings is 2. The lowest BCUT2D eigenvalue weighted by molar-refractivity contribution is 0.0690. The summed E-state index contributed by atoms with van der Waals surface area (Å²) in [6, 6.07) is 22.9. The van der Waals surface area contributed by atoms with Crippen LogP contribution in [0.15, 0.2) is 85.2 Å². The first-order valence-electron chi connectivity index (χ1n) is 14.8. The lowest BCUT2D eigenvalue weighted by Gasteiger charge is -2.29. The largest absolute Gasteiger partial charge is 0.494 e. The lowest BCUT2D eigenvalue weighted by Crippen LogP contribution is -2.32. The Morgan fingerprint density at radius 1 is 0.935 bits per heavy atom. The molecule has 3 aromatic heterocycles. The number of rotatable bonds is 10. The maximum absolute atomic E-state index is 13.4. The highest BCUT2D eigenvalue weighted by Crippen LogP contribution is 2.33. The topological polar surface area (TPSA) is 130 Å². The van der Waals surface area contributed by atoms with Crippen molar-refractivity contribution in [3.05, 3.63) is 112 Å². The summed E-state index contributed by atoms with van der Waals surface area (Å²) in [7, 11) is 0. The zero-order chi connectivity index (χ0) is 31.5. The number of aromatic nitrogens is 4. The summed E-state index contributed by atoms with van der Waals surface area (Å²) < 4.78 is 6.93. The van der Waals surface area contributed by atoms with Gasteiger partial charge in [0.1, 0.15) is 5.75 Å². The fourth-order valence-corrected chi connectivity index (χ4v) is 7.41. The van der Waals surface area contributed by atoms with Gasteiger partial charge in [-0.2, -0.15) is 0 Å². The van der Waals surface area contributed by atoms with Crippen molar-refractivity contribution in [2.75, 3.05) is 23.4 Å². The Morgan fingerprint density at radius 3 is 2.57 bits per heavy atom. The number of hydrogen-bond donors (Lipinski definition) is 2. The number of carboxylic acid groups (broad SMARTS) is 1. The number of ether oxygens (including phenoxy) is 1. The molecule has 0 saturated heterocycles. The molecule has 7 rings (SSSR count). The molecular formula is C34H28N6O4S2. The van der Waals surface area contributed by atoms with Crippen molar-refractivity contribution in [2.24, 2.45) is 0 Å². The molecule has 6 aromatic rings. The number of para-hydroxylation sites is 1. The van der Waals surface area contributed by atoms with Gasteiger partial charge in [-0.15, -0.1) is 11.3 Å². The van der Waals surface area contributed by atoms with E-state index in [-0.39, 0.29) is 11.6 Å². The molecule has 230 valence electrons. The summed E-state index contributed by atoms with van der Waals surface area (Å²) in [5, 5.41) is 14.1. The second-order valence-electron chi connectivity index (χ2n) is 10.7. The standard InChI is InChI=1S/C34H28N6O4S2/c41-31(39-33-37-26-8-1-2-9-27(26)45-33)24-7-3-6-21-15-18-40(20-25(21)24)34-38-29(32(42)43)28(46-34)10-4-19-44-23-13-11-22(12-14-23)30-35-16-5-17-36-30/h1-3,5-9,11-14,16-17H,4,10,15,18-20H2,(H,42,43)(H,37,39,41). The first-order chi connectivity index (χ1) is 22.5. The van der Waals surface area contributed by atoms with Gasteiger partial charge in [0.2, 0.25) is 0 Å². The van der Waals surface area contributed by atoms with Crippen LogP contribution < -0.4 is 15.0 Å². The van der Waals surface area contributed by atoms with Crippen molar-refractivity contribution in [1.29, 1.82) is 0 Å². The molecule has 0 fully saturated rings. The molecule has 46 heavy (non-hydrogen) atoms. The van der Waals surface area contributed by atoms with E-state index in [1.54, 1.807) is 18.5 Å². The second kappa shape index (κ2) is 13.0. The average molecular weight is 649 g/mol. The number of benzene rings is 3. The van der Waals surface area contributed by atoms with Gasteiger partial charge in [0.05, 0.1) is 16.8 Å². The molecule has 1 amide bonds. The van der Waals surface area contributed by atoms with Crippen LogP contribution in [0.3, 0.4) is 0 Å². The van der Waals surface area contributed by atoms with Crippen LogP contribution >= 0.6 is 22.7 Å². The SMILES string of the molecule is O=C(Nc1nc2ccccc2s1)c1cccc2c1CN(c1nc(C(=O)O)c(CCCOc3ccc(-c4ncccn4)cc3)s1)CC2. The highest BCUT2D eigenvalue weighted by Gasteiger charge is 2.26. The molecule has 0 atom stereocenters. The monoisotopic (exact) mass is 648 g/mol. The minimum absolute atomic E-state index is 0.0693. The number of aryl methyl sites for hydroxylation is 1. The van der Waals surface area contributed by atoms with Crippen LogP contribution in [0.2, 0.25) is 0 Å². The minimum atomic E-state index is -1.05. The number of hydrogen-bond acceptors (Lipinski definition) is 10. The highest BCUT2D eigenvalue weighted by molar-refractivity contribution is 7.22. The fraction of sp³-hybridized carbons (Fsp3) is 0.176. The Morgan fingerprint density at radius 2 is 1.76 bits per heavy atom. The molecule has 1 aliphatic heterocycles. The van der Waals surface area contributed by atoms with Gasteiger partial charge in [-0.05, 0) is 78.9 Å². The van der Waals surface area contributed by atoms with E-state index in [9.17, 15) is 14.7 Å². The third-order valence-electron chi connectivity index (χ3n) is 7.69. The Bertz CT molecular complexity index is 1990. The predicted molar refractivity (Wildman–Crippen MR) is 179 cm³/mol. The molecule has 0 radical (unpaired) electrons. The van der Waals surface area contributed by atoms with Gasteiger partial charge in [0, 0.05) is 41.5 Å². The molecular weight excluding hydrogens is 621 g/mol. The van der Waals surface area contributed by atoms with E-state index in [4.69, 9.17) is 4.74 Å². The summed E-state index contributed by atoms with van der Waals surface area (Å²) in [5.74, 6) is 0.104. The number of carboxylic acids is 1. The summed E-state index contributed by atoms with van der Waals surface area (Å²) >= 11 is 2.83. The first-order valence-corrected chi connectivity index (χ1v) is 16.4. The van der Waals surface area contributed by atoms with Crippen molar-refractivity contribution < 1.29 is 19.4 Å². The number of aromatic carboxylic acids is 1. The smallest absolute Gasteiger partial charge is 0.355 e. The van der Waals surface area contributed by atoms with E-state index in [0.29, 0.717) is 59.1 Å². The molecule has 0 saturated carbocycles. The molecule has 0 unspecified atom stereocenters. The fourth-order valence-electron chi connectivity index (χ4n) is 5.43. The predicted octanol–water partition coefficient (Wildman–Crippen LogP) is 6.73. The van der Waals surface area contributed by atoms with Crippen LogP contribution in [-0.2, 0) is 19.4 Å². The minimum Gasteiger partial charge on any atom is -0.494 e. The van der Waals surface area contributed by atoms with E-state index in [0.717, 1.165) is 39.1 Å². The number of carbonyl (C=O) groups is 2. The number of fused-ring (bicyclic) bond motifs is 2. The molecule has 0 spiro atoms. The van der Waals surface area contributed by atoms with Gasteiger partial charge in [-0.25, -0.2) is 24.7 Å². The van der Waals surface area contributed by atoms with E-state index in [1.807, 2.05) is 66.7 Å². The zero-order valence-corrected chi connectivity index (χ0v) is 26.2. The quantitative estimate of drug-likeness (QED) is 0.155. The van der Waals surface area contributed by atoms with Crippen molar-refractivity contribution >= 4 is 55.0 Å². The maximum Gasteiger partial charge on any atom is 0.355 e. The van der Waals surface area contributed by atoms with Gasteiger partial charge in [-0.3, -0.25) is 10.1 Å². The van der Waals surface area contributed by atoms with Crippen molar-refractivity contribution in [2.45, 2.75) is 25.8 Å². The molecule has 4 heterocycles. The van der Waals surface area contributed by atoms with E-state index >= 15 is 0 Å². The summed E-state index contributed by atoms with van der Waals surface area (Å²) in [6.45, 7) is 1.56. The molecule has 0 aliphatic carbocycles. The highest BCUT2D eigenvalue weighted by atomic mass is 32.1. The van der Waals surface area contributed by atoms with Crippen LogP contribution in [-0.4, -0.2) is 50.1 Å². The van der Waals surface area contributed by atoms with Crippen LogP contribution in [0.5, 0.6) is 5.75 Å². The zero-order valence-electron chi connectivity index (χ0n) is 24.6. The van der Waals surface area contributed by atoms with Gasteiger partial charge >= 0.3 is 5.97 Å². The van der Waals surface area contributed by atoms with E-state index in [1.165, 1.54) is 22.7 Å². The Labute approximate surface area is 272 Å². The normalized spacial score (nSPS) is 12.6. The van der Waals surface area contributed by atoms with E-state index in [2.05, 4.69) is 30.2 Å². The average Bonchev–Trinajstić information content (AvgIpc) is 3.71. The summed E-state index contributed by atoms with van der Waals surface area (Å²) in [5.41, 5.74) is 4.41. The van der Waals surface area contributed by atoms with Crippen LogP contribution in [0.4, 0.5) is 10.3 Å². The number of amides is 1. The Hall–Kier alpha value is -5.20. The van der Waals surface area contributed by atoms with Crippen molar-refractivity contribution in [1.82, 2.24) is 19.9 Å². The molecule has 10 nitrogen and oxygen atoms in total.